The lowest BCUT2D eigenvalue weighted by molar-refractivity contribution is -0.255. The molecule has 2 aliphatic carbocycles. The minimum Gasteiger partial charge on any atom is -0.492 e. The number of nitrogens with zero attached hydrogens (tertiary/aromatic N) is 3. The SMILES string of the molecule is C=CCO[C@@]12Oc3ccc(OCCN4CC4)cc3[C@H]3[C@H](CCCCO)[C@@H](CCCCO)C=C(C(=NOC)C[C@@H]1N(CCC)C(=O)OCC(C)(C)C)[C@H]32. The van der Waals surface area contributed by atoms with Gasteiger partial charge in [-0.15, -0.1) is 6.58 Å². The van der Waals surface area contributed by atoms with Crippen molar-refractivity contribution in [2.75, 3.05) is 66.3 Å². The van der Waals surface area contributed by atoms with Crippen LogP contribution in [0.1, 0.15) is 90.5 Å². The zero-order chi connectivity index (χ0) is 37.3. The fraction of sp³-hybridized carbons (Fsp3) is 0.707. The maximum atomic E-state index is 14.2. The van der Waals surface area contributed by atoms with Gasteiger partial charge in [-0.2, -0.15) is 0 Å². The van der Waals surface area contributed by atoms with Gasteiger partial charge in [0.1, 0.15) is 31.3 Å². The quantitative estimate of drug-likeness (QED) is 0.0668. The average Bonchev–Trinajstić information content (AvgIpc) is 3.95. The summed E-state index contributed by atoms with van der Waals surface area (Å²) in [7, 11) is 1.56. The normalized spacial score (nSPS) is 27.2. The van der Waals surface area contributed by atoms with Gasteiger partial charge in [0.05, 0.1) is 24.8 Å². The molecule has 0 aromatic heterocycles. The van der Waals surface area contributed by atoms with Crippen LogP contribution >= 0.6 is 0 Å². The van der Waals surface area contributed by atoms with E-state index in [4.69, 9.17) is 23.8 Å². The summed E-state index contributed by atoms with van der Waals surface area (Å²) in [5.41, 5.74) is 2.61. The lowest BCUT2D eigenvalue weighted by Gasteiger charge is -2.60. The fourth-order valence-electron chi connectivity index (χ4n) is 8.41. The summed E-state index contributed by atoms with van der Waals surface area (Å²) in [6, 6.07) is 5.52. The summed E-state index contributed by atoms with van der Waals surface area (Å²) < 4.78 is 26.6. The zero-order valence-electron chi connectivity index (χ0n) is 32.2. The second-order valence-electron chi connectivity index (χ2n) is 16.0. The molecule has 290 valence electrons. The van der Waals surface area contributed by atoms with Gasteiger partial charge in [0.15, 0.2) is 0 Å². The van der Waals surface area contributed by atoms with Gasteiger partial charge in [0.25, 0.3) is 0 Å². The number of benzene rings is 1. The van der Waals surface area contributed by atoms with Crippen LogP contribution in [0, 0.1) is 23.2 Å². The molecular formula is C41H63N3O8. The number of ether oxygens (including phenoxy) is 4. The average molecular weight is 726 g/mol. The Balaban J connectivity index is 1.70. The summed E-state index contributed by atoms with van der Waals surface area (Å²) >= 11 is 0. The van der Waals surface area contributed by atoms with E-state index in [-0.39, 0.29) is 55.5 Å². The van der Waals surface area contributed by atoms with E-state index in [0.29, 0.717) is 38.2 Å². The summed E-state index contributed by atoms with van der Waals surface area (Å²) in [4.78, 5) is 23.8. The van der Waals surface area contributed by atoms with Gasteiger partial charge in [0, 0.05) is 57.3 Å². The van der Waals surface area contributed by atoms with E-state index in [1.165, 1.54) is 0 Å². The molecule has 52 heavy (non-hydrogen) atoms. The van der Waals surface area contributed by atoms with Crippen LogP contribution in [0.5, 0.6) is 11.5 Å². The molecule has 2 heterocycles. The van der Waals surface area contributed by atoms with Crippen molar-refractivity contribution in [3.05, 3.63) is 48.1 Å². The highest BCUT2D eigenvalue weighted by Crippen LogP contribution is 2.62. The first-order valence-corrected chi connectivity index (χ1v) is 19.5. The summed E-state index contributed by atoms with van der Waals surface area (Å²) in [6.07, 6.45) is 9.66. The molecule has 1 aromatic carbocycles. The molecule has 0 spiro atoms. The molecule has 1 aromatic rings. The lowest BCUT2D eigenvalue weighted by Crippen LogP contribution is -2.70. The second kappa shape index (κ2) is 18.3. The van der Waals surface area contributed by atoms with Crippen molar-refractivity contribution in [1.29, 1.82) is 0 Å². The van der Waals surface area contributed by atoms with Crippen LogP contribution in [-0.2, 0) is 14.3 Å². The molecule has 1 amide bonds. The van der Waals surface area contributed by atoms with E-state index < -0.39 is 17.9 Å². The number of carbonyl (C=O) groups excluding carboxylic acids is 1. The van der Waals surface area contributed by atoms with E-state index in [9.17, 15) is 15.0 Å². The van der Waals surface area contributed by atoms with Gasteiger partial charge in [-0.1, -0.05) is 57.8 Å². The molecular weight excluding hydrogens is 662 g/mol. The lowest BCUT2D eigenvalue weighted by atomic mass is 9.55. The monoisotopic (exact) mass is 725 g/mol. The van der Waals surface area contributed by atoms with E-state index in [1.54, 1.807) is 18.1 Å². The number of allylic oxidation sites excluding steroid dienone is 1. The molecule has 4 aliphatic rings. The maximum Gasteiger partial charge on any atom is 0.410 e. The van der Waals surface area contributed by atoms with Crippen LogP contribution in [0.3, 0.4) is 0 Å². The Kier molecular flexibility index (Phi) is 14.1. The van der Waals surface area contributed by atoms with Gasteiger partial charge in [-0.3, -0.25) is 9.80 Å². The third-order valence-electron chi connectivity index (χ3n) is 10.8. The Morgan fingerprint density at radius 3 is 2.56 bits per heavy atom. The first kappa shape index (κ1) is 40.1. The molecule has 2 aliphatic heterocycles. The number of amides is 1. The van der Waals surface area contributed by atoms with Crippen LogP contribution in [0.15, 0.2) is 47.7 Å². The summed E-state index contributed by atoms with van der Waals surface area (Å²) in [5.74, 6) is 0.0670. The Labute approximate surface area is 310 Å². The Morgan fingerprint density at radius 2 is 1.90 bits per heavy atom. The molecule has 2 fully saturated rings. The largest absolute Gasteiger partial charge is 0.492 e. The van der Waals surface area contributed by atoms with Crippen molar-refractivity contribution in [1.82, 2.24) is 9.80 Å². The molecule has 0 radical (unpaired) electrons. The van der Waals surface area contributed by atoms with E-state index >= 15 is 0 Å². The highest BCUT2D eigenvalue weighted by molar-refractivity contribution is 6.02. The van der Waals surface area contributed by atoms with Crippen molar-refractivity contribution in [3.8, 4) is 11.5 Å². The molecule has 11 nitrogen and oxygen atoms in total. The van der Waals surface area contributed by atoms with Crippen LogP contribution in [0.25, 0.3) is 0 Å². The smallest absolute Gasteiger partial charge is 0.410 e. The predicted molar refractivity (Wildman–Crippen MR) is 202 cm³/mol. The second-order valence-corrected chi connectivity index (χ2v) is 16.0. The Bertz CT molecular complexity index is 1400. The number of carbonyl (C=O) groups is 1. The molecule has 1 saturated carbocycles. The topological polar surface area (TPSA) is 122 Å². The highest BCUT2D eigenvalue weighted by Gasteiger charge is 2.65. The Morgan fingerprint density at radius 1 is 1.15 bits per heavy atom. The van der Waals surface area contributed by atoms with Gasteiger partial charge < -0.3 is 34.0 Å². The van der Waals surface area contributed by atoms with Gasteiger partial charge in [-0.25, -0.2) is 4.79 Å². The molecule has 0 bridgehead atoms. The predicted octanol–water partition coefficient (Wildman–Crippen LogP) is 6.54. The number of fused-ring (bicyclic) bond motifs is 2. The van der Waals surface area contributed by atoms with Crippen LogP contribution < -0.4 is 9.47 Å². The molecule has 5 rings (SSSR count). The number of hydrogen-bond acceptors (Lipinski definition) is 10. The van der Waals surface area contributed by atoms with Crippen molar-refractivity contribution in [3.63, 3.8) is 0 Å². The first-order valence-electron chi connectivity index (χ1n) is 19.5. The van der Waals surface area contributed by atoms with Gasteiger partial charge >= 0.3 is 6.09 Å². The summed E-state index contributed by atoms with van der Waals surface area (Å²) in [5, 5.41) is 24.2. The number of unbranched alkanes of at least 4 members (excludes halogenated alkanes) is 2. The number of oxime groups is 1. The number of rotatable bonds is 20. The molecule has 0 unspecified atom stereocenters. The van der Waals surface area contributed by atoms with E-state index in [2.05, 4.69) is 35.7 Å². The van der Waals surface area contributed by atoms with E-state index in [1.807, 2.05) is 32.9 Å². The number of aliphatic hydroxyl groups is 2. The van der Waals surface area contributed by atoms with Crippen molar-refractivity contribution in [2.24, 2.45) is 28.3 Å². The number of hydrogen-bond donors (Lipinski definition) is 2. The standard InChI is InChI=1S/C41H63N3O8/c1-7-17-44(39(47)50-28-40(3,4)5)36-27-34(42-48-6)32-25-29(13-9-11-21-45)31(14-10-12-22-46)37-33-26-30(49-24-20-43-18-19-43)15-16-35(33)52-41(36,38(32)37)51-23-8-2/h8,15-16,25-26,29,31,36-38,45-46H,2,7,9-14,17-24,27-28H2,1,3-6H3/t29-,31+,36-,37+,38+,41+/m0/s1. The molecule has 11 heteroatoms. The molecule has 6 atom stereocenters. The fourth-order valence-corrected chi connectivity index (χ4v) is 8.41. The zero-order valence-corrected chi connectivity index (χ0v) is 32.2. The third-order valence-corrected chi connectivity index (χ3v) is 10.8. The van der Waals surface area contributed by atoms with Gasteiger partial charge in [-0.05, 0) is 73.1 Å². The summed E-state index contributed by atoms with van der Waals surface area (Å²) in [6.45, 7) is 17.1. The molecule has 2 N–H and O–H groups in total. The van der Waals surface area contributed by atoms with Crippen LogP contribution in [0.4, 0.5) is 4.79 Å². The molecule has 1 saturated heterocycles. The highest BCUT2D eigenvalue weighted by atomic mass is 16.7. The minimum atomic E-state index is -1.30. The van der Waals surface area contributed by atoms with Crippen molar-refractivity contribution >= 4 is 11.8 Å². The number of aliphatic hydroxyl groups excluding tert-OH is 2. The first-order chi connectivity index (χ1) is 25.1. The maximum absolute atomic E-state index is 14.2. The van der Waals surface area contributed by atoms with Crippen LogP contribution in [0.2, 0.25) is 0 Å². The van der Waals surface area contributed by atoms with Crippen molar-refractivity contribution < 1.29 is 38.8 Å². The van der Waals surface area contributed by atoms with E-state index in [0.717, 1.165) is 74.3 Å². The van der Waals surface area contributed by atoms with Crippen molar-refractivity contribution in [2.45, 2.75) is 96.8 Å². The van der Waals surface area contributed by atoms with Gasteiger partial charge in [0.2, 0.25) is 5.79 Å². The minimum absolute atomic E-state index is 0.0963. The Hall–Kier alpha value is -3.12. The third kappa shape index (κ3) is 9.32. The van der Waals surface area contributed by atoms with Crippen LogP contribution in [-0.4, -0.2) is 110 Å².